The van der Waals surface area contributed by atoms with Crippen LogP contribution in [0, 0.1) is 0 Å². The molecule has 1 atom stereocenters. The molecule has 134 valence electrons. The highest BCUT2D eigenvalue weighted by atomic mass is 32.1. The Morgan fingerprint density at radius 2 is 2.12 bits per heavy atom. The van der Waals surface area contributed by atoms with Gasteiger partial charge in [-0.2, -0.15) is 11.3 Å². The number of rotatable bonds is 7. The molecule has 6 heteroatoms. The summed E-state index contributed by atoms with van der Waals surface area (Å²) in [5.41, 5.74) is 1.82. The van der Waals surface area contributed by atoms with Crippen molar-refractivity contribution in [2.24, 2.45) is 0 Å². The van der Waals surface area contributed by atoms with Crippen LogP contribution in [0.2, 0.25) is 0 Å². The van der Waals surface area contributed by atoms with Gasteiger partial charge in [0.15, 0.2) is 0 Å². The van der Waals surface area contributed by atoms with Gasteiger partial charge in [-0.1, -0.05) is 12.1 Å². The van der Waals surface area contributed by atoms with Gasteiger partial charge in [0.05, 0.1) is 31.4 Å². The summed E-state index contributed by atoms with van der Waals surface area (Å²) >= 11 is 1.68. The molecule has 2 aromatic rings. The first-order chi connectivity index (χ1) is 12.3. The van der Waals surface area contributed by atoms with Crippen molar-refractivity contribution in [1.82, 2.24) is 10.2 Å². The van der Waals surface area contributed by atoms with Gasteiger partial charge >= 0.3 is 0 Å². The molecule has 1 saturated heterocycles. The van der Waals surface area contributed by atoms with E-state index in [1.54, 1.807) is 17.4 Å². The first kappa shape index (κ1) is 17.9. The zero-order valence-corrected chi connectivity index (χ0v) is 15.3. The molecule has 1 aromatic carbocycles. The number of amides is 1. The Balaban J connectivity index is 1.69. The molecule has 0 saturated carbocycles. The van der Waals surface area contributed by atoms with Crippen molar-refractivity contribution in [3.05, 3.63) is 52.2 Å². The van der Waals surface area contributed by atoms with Gasteiger partial charge in [-0.25, -0.2) is 0 Å². The van der Waals surface area contributed by atoms with Crippen LogP contribution in [0.5, 0.6) is 5.75 Å². The molecule has 1 aliphatic heterocycles. The Hall–Kier alpha value is -1.89. The number of nitrogens with one attached hydrogen (secondary N) is 1. The van der Waals surface area contributed by atoms with Crippen molar-refractivity contribution in [3.63, 3.8) is 0 Å². The average molecular weight is 360 g/mol. The normalized spacial score (nSPS) is 16.4. The highest BCUT2D eigenvalue weighted by molar-refractivity contribution is 7.07. The minimum absolute atomic E-state index is 0.0995. The summed E-state index contributed by atoms with van der Waals surface area (Å²) in [6.07, 6.45) is 0. The van der Waals surface area contributed by atoms with Crippen LogP contribution in [0.25, 0.3) is 0 Å². The van der Waals surface area contributed by atoms with Crippen LogP contribution in [0.1, 0.15) is 28.9 Å². The Morgan fingerprint density at radius 3 is 2.84 bits per heavy atom. The molecular weight excluding hydrogens is 336 g/mol. The molecule has 0 aliphatic carbocycles. The van der Waals surface area contributed by atoms with E-state index in [9.17, 15) is 4.79 Å². The third-order valence-corrected chi connectivity index (χ3v) is 5.00. The number of carbonyl (C=O) groups excluding carboxylic acids is 1. The maximum atomic E-state index is 12.7. The predicted octanol–water partition coefficient (Wildman–Crippen LogP) is 2.95. The fourth-order valence-corrected chi connectivity index (χ4v) is 3.74. The SMILES string of the molecule is CCOc1ccccc1C(=O)NCC(c1ccsc1)N1CCOCC1. The molecule has 1 N–H and O–H groups in total. The third kappa shape index (κ3) is 4.60. The molecule has 1 unspecified atom stereocenters. The van der Waals surface area contributed by atoms with Crippen molar-refractivity contribution >= 4 is 17.2 Å². The molecule has 2 heterocycles. The summed E-state index contributed by atoms with van der Waals surface area (Å²) in [4.78, 5) is 15.0. The number of nitrogens with zero attached hydrogens (tertiary/aromatic N) is 1. The molecule has 0 bridgehead atoms. The molecule has 1 aromatic heterocycles. The Kier molecular flexibility index (Phi) is 6.44. The monoisotopic (exact) mass is 360 g/mol. The quantitative estimate of drug-likeness (QED) is 0.825. The van der Waals surface area contributed by atoms with E-state index in [-0.39, 0.29) is 11.9 Å². The van der Waals surface area contributed by atoms with Crippen LogP contribution < -0.4 is 10.1 Å². The van der Waals surface area contributed by atoms with Gasteiger partial charge in [-0.05, 0) is 41.4 Å². The summed E-state index contributed by atoms with van der Waals surface area (Å²) in [6, 6.07) is 9.66. The highest BCUT2D eigenvalue weighted by Crippen LogP contribution is 2.24. The third-order valence-electron chi connectivity index (χ3n) is 4.30. The first-order valence-corrected chi connectivity index (χ1v) is 9.57. The topological polar surface area (TPSA) is 50.8 Å². The van der Waals surface area contributed by atoms with E-state index in [4.69, 9.17) is 9.47 Å². The van der Waals surface area contributed by atoms with Crippen molar-refractivity contribution in [1.29, 1.82) is 0 Å². The Morgan fingerprint density at radius 1 is 1.32 bits per heavy atom. The Bertz CT molecular complexity index is 669. The number of ether oxygens (including phenoxy) is 2. The minimum Gasteiger partial charge on any atom is -0.493 e. The summed E-state index contributed by atoms with van der Waals surface area (Å²) < 4.78 is 11.0. The van der Waals surface area contributed by atoms with Crippen molar-refractivity contribution in [2.75, 3.05) is 39.5 Å². The second-order valence-corrected chi connectivity index (χ2v) is 6.64. The summed E-state index contributed by atoms with van der Waals surface area (Å²) in [6.45, 7) is 6.26. The second-order valence-electron chi connectivity index (χ2n) is 5.86. The van der Waals surface area contributed by atoms with Gasteiger partial charge in [-0.3, -0.25) is 9.69 Å². The van der Waals surface area contributed by atoms with Gasteiger partial charge in [0.1, 0.15) is 5.75 Å². The fraction of sp³-hybridized carbons (Fsp3) is 0.421. The molecular formula is C19H24N2O3S. The van der Waals surface area contributed by atoms with Crippen LogP contribution >= 0.6 is 11.3 Å². The van der Waals surface area contributed by atoms with E-state index in [2.05, 4.69) is 27.0 Å². The van der Waals surface area contributed by atoms with Gasteiger partial charge in [0.2, 0.25) is 0 Å². The van der Waals surface area contributed by atoms with Gasteiger partial charge < -0.3 is 14.8 Å². The molecule has 0 radical (unpaired) electrons. The van der Waals surface area contributed by atoms with Crippen LogP contribution in [-0.2, 0) is 4.74 Å². The van der Waals surface area contributed by atoms with Gasteiger partial charge in [0, 0.05) is 19.6 Å². The van der Waals surface area contributed by atoms with Crippen LogP contribution in [-0.4, -0.2) is 50.3 Å². The largest absolute Gasteiger partial charge is 0.493 e. The minimum atomic E-state index is -0.0995. The zero-order valence-electron chi connectivity index (χ0n) is 14.4. The highest BCUT2D eigenvalue weighted by Gasteiger charge is 2.24. The maximum absolute atomic E-state index is 12.7. The van der Waals surface area contributed by atoms with E-state index < -0.39 is 0 Å². The number of benzene rings is 1. The molecule has 0 spiro atoms. The fourth-order valence-electron chi connectivity index (χ4n) is 3.03. The first-order valence-electron chi connectivity index (χ1n) is 8.63. The molecule has 1 aliphatic rings. The van der Waals surface area contributed by atoms with E-state index in [1.807, 2.05) is 25.1 Å². The number of para-hydroxylation sites is 1. The summed E-state index contributed by atoms with van der Waals surface area (Å²) in [5, 5.41) is 7.32. The predicted molar refractivity (Wildman–Crippen MR) is 99.4 cm³/mol. The van der Waals surface area contributed by atoms with E-state index in [1.165, 1.54) is 5.56 Å². The lowest BCUT2D eigenvalue weighted by Crippen LogP contribution is -2.43. The zero-order chi connectivity index (χ0) is 17.5. The smallest absolute Gasteiger partial charge is 0.255 e. The molecule has 1 amide bonds. The van der Waals surface area contributed by atoms with E-state index in [0.717, 1.165) is 26.3 Å². The lowest BCUT2D eigenvalue weighted by atomic mass is 10.1. The summed E-state index contributed by atoms with van der Waals surface area (Å²) in [5.74, 6) is 0.526. The number of hydrogen-bond acceptors (Lipinski definition) is 5. The van der Waals surface area contributed by atoms with Crippen molar-refractivity contribution < 1.29 is 14.3 Å². The lowest BCUT2D eigenvalue weighted by molar-refractivity contribution is 0.0163. The number of carbonyl (C=O) groups is 1. The number of hydrogen-bond donors (Lipinski definition) is 1. The number of thiophene rings is 1. The van der Waals surface area contributed by atoms with E-state index in [0.29, 0.717) is 24.5 Å². The van der Waals surface area contributed by atoms with Crippen molar-refractivity contribution in [2.45, 2.75) is 13.0 Å². The van der Waals surface area contributed by atoms with Crippen LogP contribution in [0.3, 0.4) is 0 Å². The van der Waals surface area contributed by atoms with Crippen molar-refractivity contribution in [3.8, 4) is 5.75 Å². The van der Waals surface area contributed by atoms with E-state index >= 15 is 0 Å². The second kappa shape index (κ2) is 8.99. The van der Waals surface area contributed by atoms with Gasteiger partial charge in [0.25, 0.3) is 5.91 Å². The standard InChI is InChI=1S/C19H24N2O3S/c1-2-24-18-6-4-3-5-16(18)19(22)20-13-17(15-7-12-25-14-15)21-8-10-23-11-9-21/h3-7,12,14,17H,2,8-11,13H2,1H3,(H,20,22). The molecule has 25 heavy (non-hydrogen) atoms. The Labute approximate surface area is 152 Å². The number of morpholine rings is 1. The summed E-state index contributed by atoms with van der Waals surface area (Å²) in [7, 11) is 0. The lowest BCUT2D eigenvalue weighted by Gasteiger charge is -2.34. The molecule has 3 rings (SSSR count). The molecule has 5 nitrogen and oxygen atoms in total. The van der Waals surface area contributed by atoms with Gasteiger partial charge in [-0.15, -0.1) is 0 Å². The molecule has 1 fully saturated rings. The van der Waals surface area contributed by atoms with Crippen LogP contribution in [0.15, 0.2) is 41.1 Å². The maximum Gasteiger partial charge on any atom is 0.255 e. The average Bonchev–Trinajstić information content (AvgIpc) is 3.18. The van der Waals surface area contributed by atoms with Crippen LogP contribution in [0.4, 0.5) is 0 Å².